The van der Waals surface area contributed by atoms with Crippen molar-refractivity contribution in [2.75, 3.05) is 11.9 Å². The van der Waals surface area contributed by atoms with Gasteiger partial charge in [-0.1, -0.05) is 42.5 Å². The van der Waals surface area contributed by atoms with E-state index in [0.717, 1.165) is 5.56 Å². The molecule has 2 aromatic carbocycles. The Morgan fingerprint density at radius 1 is 1.08 bits per heavy atom. The van der Waals surface area contributed by atoms with Crippen molar-refractivity contribution >= 4 is 11.7 Å². The van der Waals surface area contributed by atoms with Gasteiger partial charge in [0.15, 0.2) is 0 Å². The maximum absolute atomic E-state index is 12.4. The molecule has 2 amide bonds. The van der Waals surface area contributed by atoms with E-state index in [4.69, 9.17) is 5.11 Å². The molecule has 0 bridgehead atoms. The van der Waals surface area contributed by atoms with Crippen LogP contribution in [0.25, 0.3) is 0 Å². The van der Waals surface area contributed by atoms with Crippen LogP contribution >= 0.6 is 0 Å². The highest BCUT2D eigenvalue weighted by Crippen LogP contribution is 2.25. The normalized spacial score (nSPS) is 11.8. The standard InChI is InChI=1S/C17H18F2N2O3/c18-16(19)24-15-9-5-4-8-14(15)21-17(23)20-13(10-11-22)12-6-2-1-3-7-12/h1-9,13,16,22H,10-11H2,(H2,20,21,23)/t13-/m1/s1. The average molecular weight is 336 g/mol. The van der Waals surface area contributed by atoms with Gasteiger partial charge in [0.25, 0.3) is 0 Å². The number of halogens is 2. The summed E-state index contributed by atoms with van der Waals surface area (Å²) in [6, 6.07) is 14.1. The number of carbonyl (C=O) groups excluding carboxylic acids is 1. The number of para-hydroxylation sites is 2. The van der Waals surface area contributed by atoms with Gasteiger partial charge in [0.2, 0.25) is 0 Å². The van der Waals surface area contributed by atoms with Crippen molar-refractivity contribution in [3.8, 4) is 5.75 Å². The predicted molar refractivity (Wildman–Crippen MR) is 86.1 cm³/mol. The highest BCUT2D eigenvalue weighted by molar-refractivity contribution is 5.91. The highest BCUT2D eigenvalue weighted by Gasteiger charge is 2.16. The minimum Gasteiger partial charge on any atom is -0.433 e. The molecule has 0 heterocycles. The molecule has 24 heavy (non-hydrogen) atoms. The second kappa shape index (κ2) is 8.83. The molecule has 5 nitrogen and oxygen atoms in total. The van der Waals surface area contributed by atoms with Crippen molar-refractivity contribution < 1.29 is 23.4 Å². The van der Waals surface area contributed by atoms with E-state index in [-0.39, 0.29) is 18.0 Å². The fourth-order valence-electron chi connectivity index (χ4n) is 2.22. The van der Waals surface area contributed by atoms with Gasteiger partial charge in [0.05, 0.1) is 11.7 Å². The smallest absolute Gasteiger partial charge is 0.387 e. The van der Waals surface area contributed by atoms with Crippen LogP contribution in [0.15, 0.2) is 54.6 Å². The Morgan fingerprint density at radius 3 is 2.42 bits per heavy atom. The van der Waals surface area contributed by atoms with E-state index in [2.05, 4.69) is 15.4 Å². The lowest BCUT2D eigenvalue weighted by Gasteiger charge is -2.19. The molecule has 0 aromatic heterocycles. The van der Waals surface area contributed by atoms with Gasteiger partial charge in [0, 0.05) is 6.61 Å². The molecular weight excluding hydrogens is 318 g/mol. The SMILES string of the molecule is O=C(Nc1ccccc1OC(F)F)N[C@H](CCO)c1ccccc1. The number of alkyl halides is 2. The van der Waals surface area contributed by atoms with Crippen LogP contribution in [-0.2, 0) is 0 Å². The van der Waals surface area contributed by atoms with Gasteiger partial charge >= 0.3 is 12.6 Å². The van der Waals surface area contributed by atoms with E-state index in [9.17, 15) is 13.6 Å². The van der Waals surface area contributed by atoms with Gasteiger partial charge in [-0.15, -0.1) is 0 Å². The fourth-order valence-corrected chi connectivity index (χ4v) is 2.22. The van der Waals surface area contributed by atoms with Crippen LogP contribution in [0.5, 0.6) is 5.75 Å². The summed E-state index contributed by atoms with van der Waals surface area (Å²) in [5, 5.41) is 14.4. The lowest BCUT2D eigenvalue weighted by Crippen LogP contribution is -2.33. The van der Waals surface area contributed by atoms with Crippen LogP contribution in [-0.4, -0.2) is 24.4 Å². The third-order valence-electron chi connectivity index (χ3n) is 3.28. The molecule has 128 valence electrons. The number of urea groups is 1. The maximum Gasteiger partial charge on any atom is 0.387 e. The van der Waals surface area contributed by atoms with Crippen molar-refractivity contribution in [3.63, 3.8) is 0 Å². The number of rotatable bonds is 7. The minimum atomic E-state index is -2.98. The first kappa shape index (κ1) is 17.7. The summed E-state index contributed by atoms with van der Waals surface area (Å²) in [6.07, 6.45) is 0.326. The molecule has 7 heteroatoms. The molecule has 0 unspecified atom stereocenters. The molecule has 2 rings (SSSR count). The van der Waals surface area contributed by atoms with Gasteiger partial charge in [-0.05, 0) is 24.1 Å². The van der Waals surface area contributed by atoms with Crippen LogP contribution in [0.1, 0.15) is 18.0 Å². The second-order valence-electron chi connectivity index (χ2n) is 4.95. The summed E-state index contributed by atoms with van der Waals surface area (Å²) in [4.78, 5) is 12.2. The van der Waals surface area contributed by atoms with Gasteiger partial charge < -0.3 is 20.5 Å². The summed E-state index contributed by atoms with van der Waals surface area (Å²) in [5.74, 6) is -0.124. The molecule has 0 aliphatic carbocycles. The average Bonchev–Trinajstić information content (AvgIpc) is 2.56. The molecule has 3 N–H and O–H groups in total. The van der Waals surface area contributed by atoms with Crippen LogP contribution in [0.3, 0.4) is 0 Å². The van der Waals surface area contributed by atoms with Crippen LogP contribution in [0.4, 0.5) is 19.3 Å². The Balaban J connectivity index is 2.06. The van der Waals surface area contributed by atoms with Crippen LogP contribution < -0.4 is 15.4 Å². The molecule has 0 radical (unpaired) electrons. The number of hydrogen-bond donors (Lipinski definition) is 3. The first-order valence-electron chi connectivity index (χ1n) is 7.37. The Bertz CT molecular complexity index is 653. The number of ether oxygens (including phenoxy) is 1. The van der Waals surface area contributed by atoms with E-state index in [1.165, 1.54) is 18.2 Å². The van der Waals surface area contributed by atoms with Gasteiger partial charge in [-0.2, -0.15) is 8.78 Å². The van der Waals surface area contributed by atoms with Crippen molar-refractivity contribution in [1.29, 1.82) is 0 Å². The van der Waals surface area contributed by atoms with E-state index in [1.54, 1.807) is 6.07 Å². The van der Waals surface area contributed by atoms with Crippen molar-refractivity contribution in [3.05, 3.63) is 60.2 Å². The maximum atomic E-state index is 12.4. The molecule has 0 saturated heterocycles. The molecule has 0 fully saturated rings. The molecule has 0 aliphatic rings. The summed E-state index contributed by atoms with van der Waals surface area (Å²) in [5.41, 5.74) is 0.963. The van der Waals surface area contributed by atoms with Crippen LogP contribution in [0, 0.1) is 0 Å². The van der Waals surface area contributed by atoms with Crippen molar-refractivity contribution in [1.82, 2.24) is 5.32 Å². The Hall–Kier alpha value is -2.67. The molecule has 1 atom stereocenters. The van der Waals surface area contributed by atoms with E-state index in [1.807, 2.05) is 30.3 Å². The zero-order valence-corrected chi connectivity index (χ0v) is 12.8. The van der Waals surface area contributed by atoms with Crippen molar-refractivity contribution in [2.45, 2.75) is 19.1 Å². The number of benzene rings is 2. The number of anilines is 1. The monoisotopic (exact) mass is 336 g/mol. The largest absolute Gasteiger partial charge is 0.433 e. The highest BCUT2D eigenvalue weighted by atomic mass is 19.3. The number of carbonyl (C=O) groups is 1. The Kier molecular flexibility index (Phi) is 6.51. The minimum absolute atomic E-state index is 0.106. The van der Waals surface area contributed by atoms with Gasteiger partial charge in [-0.25, -0.2) is 4.79 Å². The lowest BCUT2D eigenvalue weighted by atomic mass is 10.0. The van der Waals surface area contributed by atoms with E-state index in [0.29, 0.717) is 6.42 Å². The van der Waals surface area contributed by atoms with E-state index >= 15 is 0 Å². The molecule has 2 aromatic rings. The second-order valence-corrected chi connectivity index (χ2v) is 4.95. The predicted octanol–water partition coefficient (Wildman–Crippen LogP) is 3.53. The summed E-state index contributed by atoms with van der Waals surface area (Å²) < 4.78 is 29.2. The molecular formula is C17H18F2N2O3. The van der Waals surface area contributed by atoms with Gasteiger partial charge in [0.1, 0.15) is 5.75 Å². The number of aliphatic hydroxyl groups excluding tert-OH is 1. The zero-order valence-electron chi connectivity index (χ0n) is 12.8. The number of hydrogen-bond acceptors (Lipinski definition) is 3. The molecule has 0 aliphatic heterocycles. The van der Waals surface area contributed by atoms with Gasteiger partial charge in [-0.3, -0.25) is 0 Å². The summed E-state index contributed by atoms with van der Waals surface area (Å²) >= 11 is 0. The Morgan fingerprint density at radius 2 is 1.75 bits per heavy atom. The number of nitrogens with one attached hydrogen (secondary N) is 2. The zero-order chi connectivity index (χ0) is 17.4. The summed E-state index contributed by atoms with van der Waals surface area (Å²) in [6.45, 7) is -3.09. The third-order valence-corrected chi connectivity index (χ3v) is 3.28. The lowest BCUT2D eigenvalue weighted by molar-refractivity contribution is -0.0493. The number of aliphatic hydroxyl groups is 1. The molecule has 0 saturated carbocycles. The fraction of sp³-hybridized carbons (Fsp3) is 0.235. The summed E-state index contributed by atoms with van der Waals surface area (Å²) in [7, 11) is 0. The topological polar surface area (TPSA) is 70.6 Å². The Labute approximate surface area is 138 Å². The third kappa shape index (κ3) is 5.20. The number of amides is 2. The first-order chi connectivity index (χ1) is 11.6. The first-order valence-corrected chi connectivity index (χ1v) is 7.37. The van der Waals surface area contributed by atoms with Crippen LogP contribution in [0.2, 0.25) is 0 Å². The van der Waals surface area contributed by atoms with E-state index < -0.39 is 18.7 Å². The van der Waals surface area contributed by atoms with Crippen molar-refractivity contribution in [2.24, 2.45) is 0 Å². The quantitative estimate of drug-likeness (QED) is 0.724. The molecule has 0 spiro atoms.